The van der Waals surface area contributed by atoms with E-state index >= 15 is 0 Å². The molecule has 1 amide bonds. The summed E-state index contributed by atoms with van der Waals surface area (Å²) >= 11 is 1.32. The van der Waals surface area contributed by atoms with Crippen molar-refractivity contribution in [3.8, 4) is 28.8 Å². The van der Waals surface area contributed by atoms with Gasteiger partial charge in [0.25, 0.3) is 11.8 Å². The van der Waals surface area contributed by atoms with Gasteiger partial charge in [0, 0.05) is 16.5 Å². The van der Waals surface area contributed by atoms with Gasteiger partial charge in [0.05, 0.1) is 12.2 Å². The average molecular weight is 487 g/mol. The number of carbonyl (C=O) groups is 1. The minimum absolute atomic E-state index is 0.0944. The van der Waals surface area contributed by atoms with Gasteiger partial charge in [0.2, 0.25) is 0 Å². The molecule has 0 unspecified atom stereocenters. The van der Waals surface area contributed by atoms with Crippen molar-refractivity contribution < 1.29 is 18.3 Å². The number of anilines is 1. The Morgan fingerprint density at radius 3 is 2.37 bits per heavy atom. The number of hydrogen-bond donors (Lipinski definition) is 0. The van der Waals surface area contributed by atoms with Crippen LogP contribution in [-0.2, 0) is 11.3 Å². The van der Waals surface area contributed by atoms with E-state index in [1.165, 1.54) is 23.5 Å². The van der Waals surface area contributed by atoms with Gasteiger partial charge in [0.1, 0.15) is 5.82 Å². The topological polar surface area (TPSA) is 81.3 Å². The summed E-state index contributed by atoms with van der Waals surface area (Å²) in [6, 6.07) is 24.9. The third-order valence-electron chi connectivity index (χ3n) is 5.09. The van der Waals surface area contributed by atoms with Crippen molar-refractivity contribution in [2.75, 3.05) is 11.5 Å². The van der Waals surface area contributed by atoms with Crippen LogP contribution in [0.5, 0.6) is 6.08 Å². The molecule has 7 nitrogen and oxygen atoms in total. The monoisotopic (exact) mass is 486 g/mol. The molecule has 5 aromatic rings. The zero-order valence-corrected chi connectivity index (χ0v) is 19.2. The zero-order chi connectivity index (χ0) is 24.0. The molecule has 2 heterocycles. The zero-order valence-electron chi connectivity index (χ0n) is 18.4. The second kappa shape index (κ2) is 10.3. The van der Waals surface area contributed by atoms with Gasteiger partial charge < -0.3 is 9.15 Å². The lowest BCUT2D eigenvalue weighted by atomic mass is 10.2. The molecule has 0 saturated carbocycles. The normalized spacial score (nSPS) is 10.8. The Hall–Kier alpha value is -4.37. The van der Waals surface area contributed by atoms with Crippen LogP contribution in [0.25, 0.3) is 22.7 Å². The largest absolute Gasteiger partial charge is 0.439 e. The molecule has 0 atom stereocenters. The summed E-state index contributed by atoms with van der Waals surface area (Å²) in [5.41, 5.74) is 3.10. The molecule has 3 aromatic carbocycles. The number of thiazole rings is 1. The molecule has 0 spiro atoms. The lowest BCUT2D eigenvalue weighted by molar-refractivity contribution is -0.121. The first kappa shape index (κ1) is 22.4. The Morgan fingerprint density at radius 1 is 0.914 bits per heavy atom. The number of halogens is 1. The number of amides is 1. The molecular formula is C26H19FN4O3S. The minimum atomic E-state index is -0.326. The Balaban J connectivity index is 1.34. The highest BCUT2D eigenvalue weighted by Crippen LogP contribution is 2.29. The van der Waals surface area contributed by atoms with Crippen LogP contribution in [-0.4, -0.2) is 27.7 Å². The van der Waals surface area contributed by atoms with Gasteiger partial charge in [0.15, 0.2) is 11.7 Å². The Morgan fingerprint density at radius 2 is 1.63 bits per heavy atom. The SMILES string of the molecule is O=C(COc1nnc(-c2ccccc2)o1)N(Cc1ccccc1)c1nc(-c2ccc(F)cc2)cs1. The van der Waals surface area contributed by atoms with Crippen molar-refractivity contribution in [3.63, 3.8) is 0 Å². The van der Waals surface area contributed by atoms with Gasteiger partial charge in [-0.3, -0.25) is 9.69 Å². The van der Waals surface area contributed by atoms with Crippen LogP contribution in [0, 0.1) is 5.82 Å². The smallest absolute Gasteiger partial charge is 0.415 e. The molecule has 0 bridgehead atoms. The number of nitrogens with zero attached hydrogens (tertiary/aromatic N) is 4. The van der Waals surface area contributed by atoms with Gasteiger partial charge in [-0.1, -0.05) is 53.6 Å². The van der Waals surface area contributed by atoms with Gasteiger partial charge in [-0.15, -0.1) is 16.4 Å². The van der Waals surface area contributed by atoms with E-state index in [0.29, 0.717) is 23.3 Å². The number of hydrogen-bond acceptors (Lipinski definition) is 7. The molecule has 0 aliphatic heterocycles. The van der Waals surface area contributed by atoms with Crippen LogP contribution in [0.2, 0.25) is 0 Å². The second-order valence-corrected chi connectivity index (χ2v) is 8.35. The summed E-state index contributed by atoms with van der Waals surface area (Å²) in [5.74, 6) is -0.343. The van der Waals surface area contributed by atoms with Crippen LogP contribution in [0.1, 0.15) is 5.56 Å². The van der Waals surface area contributed by atoms with Crippen molar-refractivity contribution in [2.24, 2.45) is 0 Å². The Labute approximate surface area is 204 Å². The van der Waals surface area contributed by atoms with Crippen LogP contribution < -0.4 is 9.64 Å². The van der Waals surface area contributed by atoms with Crippen molar-refractivity contribution in [2.45, 2.75) is 6.54 Å². The maximum absolute atomic E-state index is 13.3. The third-order valence-corrected chi connectivity index (χ3v) is 5.96. The van der Waals surface area contributed by atoms with Crippen LogP contribution in [0.15, 0.2) is 94.7 Å². The Kier molecular flexibility index (Phi) is 6.58. The first-order chi connectivity index (χ1) is 17.2. The Bertz CT molecular complexity index is 1410. The van der Waals surface area contributed by atoms with Gasteiger partial charge in [-0.2, -0.15) is 0 Å². The molecule has 35 heavy (non-hydrogen) atoms. The maximum atomic E-state index is 13.3. The highest BCUT2D eigenvalue weighted by molar-refractivity contribution is 7.14. The van der Waals surface area contributed by atoms with E-state index in [2.05, 4.69) is 15.2 Å². The van der Waals surface area contributed by atoms with Gasteiger partial charge in [-0.25, -0.2) is 9.37 Å². The van der Waals surface area contributed by atoms with Crippen LogP contribution in [0.4, 0.5) is 9.52 Å². The summed E-state index contributed by atoms with van der Waals surface area (Å²) in [6.07, 6.45) is -0.0944. The molecule has 0 aliphatic carbocycles. The molecule has 2 aromatic heterocycles. The molecule has 5 rings (SSSR count). The lowest BCUT2D eigenvalue weighted by Crippen LogP contribution is -2.34. The molecule has 0 radical (unpaired) electrons. The lowest BCUT2D eigenvalue weighted by Gasteiger charge is -2.19. The second-order valence-electron chi connectivity index (χ2n) is 7.52. The first-order valence-electron chi connectivity index (χ1n) is 10.7. The van der Waals surface area contributed by atoms with Gasteiger partial charge in [-0.05, 0) is 42.0 Å². The molecule has 0 fully saturated rings. The summed E-state index contributed by atoms with van der Waals surface area (Å²) < 4.78 is 24.4. The molecule has 0 aliphatic rings. The average Bonchev–Trinajstić information content (AvgIpc) is 3.58. The maximum Gasteiger partial charge on any atom is 0.415 e. The van der Waals surface area contributed by atoms with Crippen LogP contribution in [0.3, 0.4) is 0 Å². The van der Waals surface area contributed by atoms with E-state index in [-0.39, 0.29) is 24.4 Å². The van der Waals surface area contributed by atoms with Gasteiger partial charge >= 0.3 is 6.08 Å². The number of rotatable bonds is 8. The molecule has 9 heteroatoms. The quantitative estimate of drug-likeness (QED) is 0.284. The van der Waals surface area contributed by atoms with Crippen molar-refractivity contribution in [3.05, 3.63) is 102 Å². The van der Waals surface area contributed by atoms with E-state index in [0.717, 1.165) is 16.7 Å². The summed E-state index contributed by atoms with van der Waals surface area (Å²) in [5, 5.41) is 10.2. The summed E-state index contributed by atoms with van der Waals surface area (Å²) in [6.45, 7) is -0.00672. The minimum Gasteiger partial charge on any atom is -0.439 e. The highest BCUT2D eigenvalue weighted by atomic mass is 32.1. The van der Waals surface area contributed by atoms with Crippen molar-refractivity contribution in [1.82, 2.24) is 15.2 Å². The van der Waals surface area contributed by atoms with Crippen molar-refractivity contribution in [1.29, 1.82) is 0 Å². The van der Waals surface area contributed by atoms with E-state index in [9.17, 15) is 9.18 Å². The number of benzene rings is 3. The summed E-state index contributed by atoms with van der Waals surface area (Å²) in [7, 11) is 0. The predicted octanol–water partition coefficient (Wildman–Crippen LogP) is 5.61. The fraction of sp³-hybridized carbons (Fsp3) is 0.0769. The number of carbonyl (C=O) groups excluding carboxylic acids is 1. The summed E-state index contributed by atoms with van der Waals surface area (Å²) in [4.78, 5) is 19.4. The molecular weight excluding hydrogens is 467 g/mol. The molecule has 174 valence electrons. The first-order valence-corrected chi connectivity index (χ1v) is 11.6. The number of ether oxygens (including phenoxy) is 1. The molecule has 0 N–H and O–H groups in total. The highest BCUT2D eigenvalue weighted by Gasteiger charge is 2.22. The predicted molar refractivity (Wildman–Crippen MR) is 130 cm³/mol. The standard InChI is InChI=1S/C26H19FN4O3S/c27-21-13-11-19(12-14-21)22-17-35-25(28-22)31(15-18-7-3-1-4-8-18)23(32)16-33-26-30-29-24(34-26)20-9-5-2-6-10-20/h1-14,17H,15-16H2. The van der Waals surface area contributed by atoms with E-state index in [1.807, 2.05) is 66.0 Å². The van der Waals surface area contributed by atoms with E-state index in [4.69, 9.17) is 9.15 Å². The van der Waals surface area contributed by atoms with Crippen molar-refractivity contribution >= 4 is 22.4 Å². The van der Waals surface area contributed by atoms with E-state index < -0.39 is 0 Å². The number of aromatic nitrogens is 3. The fourth-order valence-electron chi connectivity index (χ4n) is 3.34. The third kappa shape index (κ3) is 5.42. The van der Waals surface area contributed by atoms with E-state index in [1.54, 1.807) is 17.0 Å². The van der Waals surface area contributed by atoms with Crippen LogP contribution >= 0.6 is 11.3 Å². The molecule has 0 saturated heterocycles. The fourth-order valence-corrected chi connectivity index (χ4v) is 4.19.